The van der Waals surface area contributed by atoms with Crippen LogP contribution in [0.4, 0.5) is 8.78 Å². The van der Waals surface area contributed by atoms with Crippen LogP contribution in [0.5, 0.6) is 0 Å². The number of benzene rings is 1. The van der Waals surface area contributed by atoms with Crippen molar-refractivity contribution in [3.05, 3.63) is 34.9 Å². The Morgan fingerprint density at radius 1 is 0.929 bits per heavy atom. The summed E-state index contributed by atoms with van der Waals surface area (Å²) in [5, 5.41) is 16.8. The Morgan fingerprint density at radius 2 is 1.29 bits per heavy atom. The van der Waals surface area contributed by atoms with Gasteiger partial charge in [-0.25, -0.2) is 8.78 Å². The van der Waals surface area contributed by atoms with Crippen molar-refractivity contribution in [2.75, 3.05) is 0 Å². The summed E-state index contributed by atoms with van der Waals surface area (Å²) in [7, 11) is 0. The van der Waals surface area contributed by atoms with Gasteiger partial charge in [0.15, 0.2) is 11.6 Å². The summed E-state index contributed by atoms with van der Waals surface area (Å²) in [6.45, 7) is 0. The summed E-state index contributed by atoms with van der Waals surface area (Å²) in [6, 6.07) is 5.59. The number of nitrogens with zero attached hydrogens (tertiary/aromatic N) is 2. The van der Waals surface area contributed by atoms with E-state index in [4.69, 9.17) is 10.5 Å². The Labute approximate surface area is 80.0 Å². The molecule has 0 aromatic heterocycles. The molecule has 0 amide bonds. The highest BCUT2D eigenvalue weighted by atomic mass is 19.2. The van der Waals surface area contributed by atoms with Crippen LogP contribution in [0.2, 0.25) is 0 Å². The van der Waals surface area contributed by atoms with Crippen LogP contribution in [-0.4, -0.2) is 0 Å². The molecule has 1 aromatic rings. The van der Waals surface area contributed by atoms with Crippen LogP contribution in [0.25, 0.3) is 0 Å². The number of halogens is 2. The summed E-state index contributed by atoms with van der Waals surface area (Å²) in [4.78, 5) is 0. The lowest BCUT2D eigenvalue weighted by Crippen LogP contribution is -1.96. The Hall–Kier alpha value is -1.94. The third-order valence-corrected chi connectivity index (χ3v) is 1.78. The predicted molar refractivity (Wildman–Crippen MR) is 45.0 cm³/mol. The molecular weight excluding hydrogens is 186 g/mol. The summed E-state index contributed by atoms with van der Waals surface area (Å²) in [6.07, 6.45) is -0.0393. The zero-order valence-electron chi connectivity index (χ0n) is 7.22. The van der Waals surface area contributed by atoms with Gasteiger partial charge in [-0.15, -0.1) is 0 Å². The van der Waals surface area contributed by atoms with Crippen molar-refractivity contribution >= 4 is 0 Å². The normalized spacial score (nSPS) is 9.14. The van der Waals surface area contributed by atoms with Crippen LogP contribution in [0, 0.1) is 34.3 Å². The molecule has 1 aromatic carbocycles. The average molecular weight is 192 g/mol. The lowest BCUT2D eigenvalue weighted by atomic mass is 10.0. The van der Waals surface area contributed by atoms with Gasteiger partial charge in [0.05, 0.1) is 25.0 Å². The van der Waals surface area contributed by atoms with E-state index in [1.165, 1.54) is 0 Å². The van der Waals surface area contributed by atoms with Crippen molar-refractivity contribution in [1.29, 1.82) is 10.5 Å². The molecule has 2 nitrogen and oxygen atoms in total. The number of rotatable bonds is 2. The maximum atomic E-state index is 12.8. The molecule has 14 heavy (non-hydrogen) atoms. The highest BCUT2D eigenvalue weighted by molar-refractivity contribution is 5.32. The molecule has 0 aliphatic heterocycles. The highest BCUT2D eigenvalue weighted by Gasteiger charge is 2.08. The fourth-order valence-corrected chi connectivity index (χ4v) is 1.13. The van der Waals surface area contributed by atoms with Gasteiger partial charge in [-0.05, 0) is 23.3 Å². The lowest BCUT2D eigenvalue weighted by molar-refractivity contribution is 0.506. The molecule has 0 atom stereocenters. The van der Waals surface area contributed by atoms with Crippen LogP contribution < -0.4 is 0 Å². The fraction of sp³-hybridized carbons (Fsp3) is 0.200. The minimum Gasteiger partial charge on any atom is -0.204 e. The van der Waals surface area contributed by atoms with Gasteiger partial charge in [0.25, 0.3) is 0 Å². The average Bonchev–Trinajstić information content (AvgIpc) is 2.14. The smallest absolute Gasteiger partial charge is 0.159 e. The fourth-order valence-electron chi connectivity index (χ4n) is 1.13. The quantitative estimate of drug-likeness (QED) is 0.720. The standard InChI is InChI=1S/C10H6F2N2/c11-9-5-7(1-3-13)8(2-4-14)6-10(9)12/h5-6H,1-2H2. The lowest BCUT2D eigenvalue weighted by Gasteiger charge is -2.03. The Bertz CT molecular complexity index is 386. The van der Waals surface area contributed by atoms with Crippen molar-refractivity contribution in [3.8, 4) is 12.1 Å². The van der Waals surface area contributed by atoms with Crippen LogP contribution >= 0.6 is 0 Å². The summed E-state index contributed by atoms with van der Waals surface area (Å²) in [5.41, 5.74) is 0.737. The zero-order valence-corrected chi connectivity index (χ0v) is 7.22. The van der Waals surface area contributed by atoms with Crippen LogP contribution in [-0.2, 0) is 12.8 Å². The van der Waals surface area contributed by atoms with Crippen molar-refractivity contribution < 1.29 is 8.78 Å². The molecule has 0 unspecified atom stereocenters. The first-order valence-electron chi connectivity index (χ1n) is 3.89. The van der Waals surface area contributed by atoms with E-state index in [9.17, 15) is 8.78 Å². The maximum Gasteiger partial charge on any atom is 0.159 e. The van der Waals surface area contributed by atoms with E-state index in [-0.39, 0.29) is 12.8 Å². The van der Waals surface area contributed by atoms with Crippen LogP contribution in [0.15, 0.2) is 12.1 Å². The number of hydrogen-bond donors (Lipinski definition) is 0. The SMILES string of the molecule is N#CCc1cc(F)c(F)cc1CC#N. The van der Waals surface area contributed by atoms with Crippen molar-refractivity contribution in [3.63, 3.8) is 0 Å². The first kappa shape index (κ1) is 10.1. The summed E-state index contributed by atoms with van der Waals surface area (Å²) in [5.74, 6) is -1.98. The topological polar surface area (TPSA) is 47.6 Å². The van der Waals surface area contributed by atoms with Gasteiger partial charge in [0.2, 0.25) is 0 Å². The second kappa shape index (κ2) is 4.34. The molecule has 0 bridgehead atoms. The molecule has 0 aliphatic rings. The van der Waals surface area contributed by atoms with Gasteiger partial charge >= 0.3 is 0 Å². The van der Waals surface area contributed by atoms with Gasteiger partial charge < -0.3 is 0 Å². The number of nitriles is 2. The molecule has 0 aliphatic carbocycles. The van der Waals surface area contributed by atoms with E-state index in [0.29, 0.717) is 11.1 Å². The third-order valence-electron chi connectivity index (χ3n) is 1.78. The first-order valence-corrected chi connectivity index (χ1v) is 3.89. The van der Waals surface area contributed by atoms with Crippen molar-refractivity contribution in [2.45, 2.75) is 12.8 Å². The molecule has 0 fully saturated rings. The minimum absolute atomic E-state index is 0.0196. The van der Waals surface area contributed by atoms with E-state index < -0.39 is 11.6 Å². The molecule has 0 saturated heterocycles. The van der Waals surface area contributed by atoms with Gasteiger partial charge in [-0.1, -0.05) is 0 Å². The second-order valence-corrected chi connectivity index (χ2v) is 2.70. The van der Waals surface area contributed by atoms with Crippen LogP contribution in [0.1, 0.15) is 11.1 Å². The van der Waals surface area contributed by atoms with E-state index in [1.807, 2.05) is 12.1 Å². The van der Waals surface area contributed by atoms with E-state index in [2.05, 4.69) is 0 Å². The molecule has 0 heterocycles. The van der Waals surface area contributed by atoms with Crippen LogP contribution in [0.3, 0.4) is 0 Å². The van der Waals surface area contributed by atoms with Gasteiger partial charge in [0.1, 0.15) is 0 Å². The molecule has 70 valence electrons. The maximum absolute atomic E-state index is 12.8. The monoisotopic (exact) mass is 192 g/mol. The Balaban J connectivity index is 3.19. The largest absolute Gasteiger partial charge is 0.204 e. The summed E-state index contributed by atoms with van der Waals surface area (Å²) < 4.78 is 25.5. The third kappa shape index (κ3) is 2.05. The van der Waals surface area contributed by atoms with E-state index in [1.54, 1.807) is 0 Å². The highest BCUT2D eigenvalue weighted by Crippen LogP contribution is 2.15. The molecule has 0 radical (unpaired) electrons. The van der Waals surface area contributed by atoms with Crippen molar-refractivity contribution in [2.24, 2.45) is 0 Å². The van der Waals surface area contributed by atoms with Crippen molar-refractivity contribution in [1.82, 2.24) is 0 Å². The predicted octanol–water partition coefficient (Wildman–Crippen LogP) is 2.10. The molecule has 1 rings (SSSR count). The molecule has 0 saturated carbocycles. The Kier molecular flexibility index (Phi) is 3.14. The second-order valence-electron chi connectivity index (χ2n) is 2.70. The number of hydrogen-bond acceptors (Lipinski definition) is 2. The minimum atomic E-state index is -0.989. The summed E-state index contributed by atoms with van der Waals surface area (Å²) >= 11 is 0. The Morgan fingerprint density at radius 3 is 1.57 bits per heavy atom. The van der Waals surface area contributed by atoms with Gasteiger partial charge in [-0.3, -0.25) is 0 Å². The zero-order chi connectivity index (χ0) is 10.6. The molecule has 4 heteroatoms. The van der Waals surface area contributed by atoms with Gasteiger partial charge in [-0.2, -0.15) is 10.5 Å². The molecule has 0 spiro atoms. The molecule has 0 N–H and O–H groups in total. The van der Waals surface area contributed by atoms with E-state index >= 15 is 0 Å². The van der Waals surface area contributed by atoms with E-state index in [0.717, 1.165) is 12.1 Å². The molecular formula is C10H6F2N2. The van der Waals surface area contributed by atoms with Gasteiger partial charge in [0, 0.05) is 0 Å². The first-order chi connectivity index (χ1) is 6.69.